The van der Waals surface area contributed by atoms with Gasteiger partial charge >= 0.3 is 0 Å². The van der Waals surface area contributed by atoms with Crippen molar-refractivity contribution in [2.45, 2.75) is 63.3 Å². The molecular formula is C11H22N2O. The zero-order valence-electron chi connectivity index (χ0n) is 9.24. The van der Waals surface area contributed by atoms with Gasteiger partial charge in [-0.15, -0.1) is 0 Å². The third-order valence-electron chi connectivity index (χ3n) is 3.49. The van der Waals surface area contributed by atoms with Gasteiger partial charge in [-0.2, -0.15) is 0 Å². The van der Waals surface area contributed by atoms with Crippen LogP contribution < -0.4 is 5.73 Å². The summed E-state index contributed by atoms with van der Waals surface area (Å²) in [7, 11) is 0. The summed E-state index contributed by atoms with van der Waals surface area (Å²) in [5.74, 6) is 0. The lowest BCUT2D eigenvalue weighted by Crippen LogP contribution is -2.51. The Balaban J connectivity index is 2.01. The van der Waals surface area contributed by atoms with Crippen LogP contribution in [0.3, 0.4) is 0 Å². The van der Waals surface area contributed by atoms with Crippen molar-refractivity contribution in [3.63, 3.8) is 0 Å². The molecule has 82 valence electrons. The van der Waals surface area contributed by atoms with Crippen LogP contribution in [0.5, 0.6) is 0 Å². The Morgan fingerprint density at radius 2 is 1.79 bits per heavy atom. The van der Waals surface area contributed by atoms with Gasteiger partial charge in [0.1, 0.15) is 0 Å². The zero-order chi connectivity index (χ0) is 10.3. The molecule has 0 aliphatic carbocycles. The molecule has 3 atom stereocenters. The number of hydrogen-bond donors (Lipinski definition) is 2. The van der Waals surface area contributed by atoms with Crippen molar-refractivity contribution in [2.75, 3.05) is 6.54 Å². The van der Waals surface area contributed by atoms with E-state index >= 15 is 0 Å². The first-order valence-electron chi connectivity index (χ1n) is 5.69. The fourth-order valence-electron chi connectivity index (χ4n) is 3.02. The summed E-state index contributed by atoms with van der Waals surface area (Å²) in [6, 6.07) is 1.66. The molecule has 14 heavy (non-hydrogen) atoms. The van der Waals surface area contributed by atoms with Crippen molar-refractivity contribution in [1.29, 1.82) is 0 Å². The highest BCUT2D eigenvalue weighted by molar-refractivity contribution is 4.97. The van der Waals surface area contributed by atoms with E-state index in [2.05, 4.69) is 4.90 Å². The molecule has 0 spiro atoms. The average molecular weight is 198 g/mol. The van der Waals surface area contributed by atoms with Gasteiger partial charge in [-0.3, -0.25) is 4.90 Å². The molecule has 2 bridgehead atoms. The Bertz CT molecular complexity index is 198. The van der Waals surface area contributed by atoms with E-state index in [1.54, 1.807) is 0 Å². The number of nitrogens with two attached hydrogens (primary N) is 1. The van der Waals surface area contributed by atoms with Gasteiger partial charge in [0.25, 0.3) is 0 Å². The molecule has 3 N–H and O–H groups in total. The van der Waals surface area contributed by atoms with Gasteiger partial charge in [0.2, 0.25) is 0 Å². The van der Waals surface area contributed by atoms with E-state index in [0.717, 1.165) is 19.4 Å². The Morgan fingerprint density at radius 3 is 2.21 bits per heavy atom. The largest absolute Gasteiger partial charge is 0.389 e. The third-order valence-corrected chi connectivity index (χ3v) is 3.49. The summed E-state index contributed by atoms with van der Waals surface area (Å²) in [5.41, 5.74) is 5.43. The molecule has 0 aromatic rings. The molecule has 2 aliphatic heterocycles. The van der Waals surface area contributed by atoms with Crippen LogP contribution in [0.4, 0.5) is 0 Å². The first-order chi connectivity index (χ1) is 6.46. The van der Waals surface area contributed by atoms with Crippen LogP contribution in [0.2, 0.25) is 0 Å². The minimum Gasteiger partial charge on any atom is -0.389 e. The Kier molecular flexibility index (Phi) is 2.58. The summed E-state index contributed by atoms with van der Waals surface area (Å²) >= 11 is 0. The smallest absolute Gasteiger partial charge is 0.0718 e. The van der Waals surface area contributed by atoms with Gasteiger partial charge in [-0.05, 0) is 39.5 Å². The van der Waals surface area contributed by atoms with Crippen LogP contribution in [0, 0.1) is 0 Å². The van der Waals surface area contributed by atoms with Crippen LogP contribution in [0.25, 0.3) is 0 Å². The zero-order valence-corrected chi connectivity index (χ0v) is 9.24. The fourth-order valence-corrected chi connectivity index (χ4v) is 3.02. The number of nitrogens with zero attached hydrogens (tertiary/aromatic N) is 1. The molecule has 2 heterocycles. The topological polar surface area (TPSA) is 49.5 Å². The Labute approximate surface area is 86.3 Å². The van der Waals surface area contributed by atoms with E-state index < -0.39 is 5.60 Å². The van der Waals surface area contributed by atoms with Crippen molar-refractivity contribution in [3.05, 3.63) is 0 Å². The molecule has 2 aliphatic rings. The lowest BCUT2D eigenvalue weighted by atomic mass is 9.96. The van der Waals surface area contributed by atoms with E-state index in [-0.39, 0.29) is 0 Å². The van der Waals surface area contributed by atoms with Gasteiger partial charge < -0.3 is 10.8 Å². The maximum Gasteiger partial charge on any atom is 0.0718 e. The fraction of sp³-hybridized carbons (Fsp3) is 1.00. The molecule has 0 saturated carbocycles. The second-order valence-electron chi connectivity index (χ2n) is 5.60. The molecule has 2 fully saturated rings. The normalized spacial score (nSPS) is 39.0. The first kappa shape index (κ1) is 10.4. The predicted octanol–water partition coefficient (Wildman–Crippen LogP) is 0.711. The van der Waals surface area contributed by atoms with Gasteiger partial charge in [-0.25, -0.2) is 0 Å². The van der Waals surface area contributed by atoms with Gasteiger partial charge in [0.15, 0.2) is 0 Å². The van der Waals surface area contributed by atoms with E-state index in [4.69, 9.17) is 5.73 Å². The molecular weight excluding hydrogens is 176 g/mol. The standard InChI is InChI=1S/C11H22N2O/c1-11(2,14)7-13-9-3-4-10(13)6-8(12)5-9/h8-10,14H,3-7,12H2,1-2H3/t8?,9-,10+. The Hall–Kier alpha value is -0.120. The number of rotatable bonds is 2. The number of piperidine rings is 1. The van der Waals surface area contributed by atoms with Crippen molar-refractivity contribution in [2.24, 2.45) is 5.73 Å². The molecule has 3 nitrogen and oxygen atoms in total. The number of aliphatic hydroxyl groups is 1. The second kappa shape index (κ2) is 3.47. The molecule has 3 heteroatoms. The van der Waals surface area contributed by atoms with Gasteiger partial charge in [0, 0.05) is 24.7 Å². The van der Waals surface area contributed by atoms with Crippen molar-refractivity contribution < 1.29 is 5.11 Å². The summed E-state index contributed by atoms with van der Waals surface area (Å²) < 4.78 is 0. The molecule has 2 saturated heterocycles. The van der Waals surface area contributed by atoms with E-state index in [1.807, 2.05) is 13.8 Å². The SMILES string of the molecule is CC(C)(O)CN1[C@@H]2CC[C@H]1CC(N)C2. The van der Waals surface area contributed by atoms with Gasteiger partial charge in [-0.1, -0.05) is 0 Å². The Morgan fingerprint density at radius 1 is 1.29 bits per heavy atom. The predicted molar refractivity (Wildman–Crippen MR) is 57.0 cm³/mol. The minimum atomic E-state index is -0.567. The summed E-state index contributed by atoms with van der Waals surface area (Å²) in [6.45, 7) is 4.58. The molecule has 0 radical (unpaired) electrons. The maximum atomic E-state index is 9.83. The average Bonchev–Trinajstić information content (AvgIpc) is 2.31. The van der Waals surface area contributed by atoms with Crippen molar-refractivity contribution in [1.82, 2.24) is 4.90 Å². The minimum absolute atomic E-state index is 0.394. The van der Waals surface area contributed by atoms with Crippen molar-refractivity contribution >= 4 is 0 Å². The van der Waals surface area contributed by atoms with E-state index in [1.165, 1.54) is 12.8 Å². The quantitative estimate of drug-likeness (QED) is 0.687. The first-order valence-corrected chi connectivity index (χ1v) is 5.69. The molecule has 0 aromatic carbocycles. The summed E-state index contributed by atoms with van der Waals surface area (Å²) in [4.78, 5) is 2.48. The lowest BCUT2D eigenvalue weighted by molar-refractivity contribution is 0.00339. The molecule has 0 amide bonds. The molecule has 1 unspecified atom stereocenters. The summed E-state index contributed by atoms with van der Waals surface area (Å²) in [6.07, 6.45) is 4.78. The summed E-state index contributed by atoms with van der Waals surface area (Å²) in [5, 5.41) is 9.83. The number of fused-ring (bicyclic) bond motifs is 2. The van der Waals surface area contributed by atoms with E-state index in [9.17, 15) is 5.11 Å². The highest BCUT2D eigenvalue weighted by Gasteiger charge is 2.41. The third kappa shape index (κ3) is 2.10. The lowest BCUT2D eigenvalue weighted by Gasteiger charge is -2.40. The second-order valence-corrected chi connectivity index (χ2v) is 5.60. The van der Waals surface area contributed by atoms with Gasteiger partial charge in [0.05, 0.1) is 5.60 Å². The van der Waals surface area contributed by atoms with Crippen LogP contribution in [0.1, 0.15) is 39.5 Å². The number of hydrogen-bond acceptors (Lipinski definition) is 3. The van der Waals surface area contributed by atoms with Crippen LogP contribution >= 0.6 is 0 Å². The molecule has 2 rings (SSSR count). The van der Waals surface area contributed by atoms with Crippen molar-refractivity contribution in [3.8, 4) is 0 Å². The van der Waals surface area contributed by atoms with Crippen LogP contribution in [0.15, 0.2) is 0 Å². The maximum absolute atomic E-state index is 9.83. The van der Waals surface area contributed by atoms with Crippen LogP contribution in [-0.4, -0.2) is 40.3 Å². The highest BCUT2D eigenvalue weighted by Crippen LogP contribution is 2.35. The van der Waals surface area contributed by atoms with E-state index in [0.29, 0.717) is 18.1 Å². The monoisotopic (exact) mass is 198 g/mol. The highest BCUT2D eigenvalue weighted by atomic mass is 16.3. The molecule has 0 aromatic heterocycles. The van der Waals surface area contributed by atoms with Crippen LogP contribution in [-0.2, 0) is 0 Å².